The molecule has 1 atom stereocenters. The van der Waals surface area contributed by atoms with Crippen molar-refractivity contribution in [1.29, 1.82) is 0 Å². The van der Waals surface area contributed by atoms with Crippen LogP contribution in [0, 0.1) is 0 Å². The van der Waals surface area contributed by atoms with Gasteiger partial charge in [-0.05, 0) is 50.5 Å². The van der Waals surface area contributed by atoms with E-state index in [4.69, 9.17) is 14.2 Å². The first kappa shape index (κ1) is 17.4. The molecule has 2 rings (SSSR count). The van der Waals surface area contributed by atoms with Gasteiger partial charge in [0.25, 0.3) is 0 Å². The van der Waals surface area contributed by atoms with Crippen LogP contribution in [0.2, 0.25) is 0 Å². The summed E-state index contributed by atoms with van der Waals surface area (Å²) in [6, 6.07) is 3.28. The number of carbonyl (C=O) groups is 1. The molecule has 1 aromatic carbocycles. The predicted octanol–water partition coefficient (Wildman–Crippen LogP) is 2.53. The molecular formula is C17H25NO5. The number of carbonyl (C=O) groups excluding carboxylic acids is 1. The monoisotopic (exact) mass is 323 g/mol. The minimum Gasteiger partial charge on any atom is -0.493 e. The van der Waals surface area contributed by atoms with Gasteiger partial charge >= 0.3 is 6.09 Å². The topological polar surface area (TPSA) is 68.2 Å². The second-order valence-electron chi connectivity index (χ2n) is 6.53. The van der Waals surface area contributed by atoms with E-state index in [2.05, 4.69) is 0 Å². The van der Waals surface area contributed by atoms with Crippen LogP contribution in [0.4, 0.5) is 4.79 Å². The first-order valence-electron chi connectivity index (χ1n) is 7.66. The van der Waals surface area contributed by atoms with Gasteiger partial charge in [-0.3, -0.25) is 4.90 Å². The van der Waals surface area contributed by atoms with Crippen LogP contribution in [-0.2, 0) is 11.2 Å². The fourth-order valence-corrected chi connectivity index (χ4v) is 2.76. The lowest BCUT2D eigenvalue weighted by Gasteiger charge is -2.37. The maximum Gasteiger partial charge on any atom is 0.410 e. The summed E-state index contributed by atoms with van der Waals surface area (Å²) in [5.41, 5.74) is 1.33. The zero-order valence-corrected chi connectivity index (χ0v) is 14.4. The van der Waals surface area contributed by atoms with Crippen molar-refractivity contribution in [3.8, 4) is 11.5 Å². The van der Waals surface area contributed by atoms with Crippen molar-refractivity contribution in [3.05, 3.63) is 23.3 Å². The molecule has 1 N–H and O–H groups in total. The van der Waals surface area contributed by atoms with E-state index < -0.39 is 17.7 Å². The summed E-state index contributed by atoms with van der Waals surface area (Å²) in [5, 5.41) is 9.82. The molecule has 6 heteroatoms. The van der Waals surface area contributed by atoms with Gasteiger partial charge in [0.1, 0.15) is 5.60 Å². The summed E-state index contributed by atoms with van der Waals surface area (Å²) in [4.78, 5) is 14.0. The van der Waals surface area contributed by atoms with Gasteiger partial charge in [-0.2, -0.15) is 0 Å². The van der Waals surface area contributed by atoms with Crippen LogP contribution in [0.3, 0.4) is 0 Å². The number of nitrogens with zero attached hydrogens (tertiary/aromatic N) is 1. The quantitative estimate of drug-likeness (QED) is 0.926. The Morgan fingerprint density at radius 3 is 2.39 bits per heavy atom. The SMILES string of the molecule is COc1cc2c(cc1OC)[C@@H](CO)N(C(=O)OC(C)(C)C)CC2. The highest BCUT2D eigenvalue weighted by Crippen LogP contribution is 2.38. The summed E-state index contributed by atoms with van der Waals surface area (Å²) in [5.74, 6) is 1.23. The Morgan fingerprint density at radius 1 is 1.26 bits per heavy atom. The molecule has 1 heterocycles. The minimum atomic E-state index is -0.574. The number of ether oxygens (including phenoxy) is 3. The van der Waals surface area contributed by atoms with Crippen molar-refractivity contribution in [2.24, 2.45) is 0 Å². The fraction of sp³-hybridized carbons (Fsp3) is 0.588. The van der Waals surface area contributed by atoms with E-state index in [1.165, 1.54) is 0 Å². The third-order valence-corrected chi connectivity index (χ3v) is 3.80. The number of hydrogen-bond acceptors (Lipinski definition) is 5. The van der Waals surface area contributed by atoms with Crippen LogP contribution in [-0.4, -0.2) is 49.1 Å². The van der Waals surface area contributed by atoms with E-state index in [9.17, 15) is 9.90 Å². The van der Waals surface area contributed by atoms with E-state index in [-0.39, 0.29) is 6.61 Å². The predicted molar refractivity (Wildman–Crippen MR) is 86.0 cm³/mol. The molecule has 1 aliphatic heterocycles. The molecule has 0 bridgehead atoms. The van der Waals surface area contributed by atoms with Gasteiger partial charge in [-0.15, -0.1) is 0 Å². The summed E-state index contributed by atoms with van der Waals surface area (Å²) in [7, 11) is 3.15. The molecule has 0 radical (unpaired) electrons. The number of amides is 1. The highest BCUT2D eigenvalue weighted by Gasteiger charge is 2.34. The second kappa shape index (κ2) is 6.66. The summed E-state index contributed by atoms with van der Waals surface area (Å²) in [6.07, 6.45) is 0.253. The average molecular weight is 323 g/mol. The number of rotatable bonds is 3. The van der Waals surface area contributed by atoms with Crippen molar-refractivity contribution in [3.63, 3.8) is 0 Å². The van der Waals surface area contributed by atoms with Crippen molar-refractivity contribution >= 4 is 6.09 Å². The fourth-order valence-electron chi connectivity index (χ4n) is 2.76. The summed E-state index contributed by atoms with van der Waals surface area (Å²) in [6.45, 7) is 5.78. The van der Waals surface area contributed by atoms with E-state index in [0.29, 0.717) is 24.5 Å². The van der Waals surface area contributed by atoms with E-state index >= 15 is 0 Å². The zero-order valence-electron chi connectivity index (χ0n) is 14.4. The van der Waals surface area contributed by atoms with E-state index in [0.717, 1.165) is 11.1 Å². The van der Waals surface area contributed by atoms with Crippen molar-refractivity contribution in [1.82, 2.24) is 4.90 Å². The molecule has 0 spiro atoms. The first-order chi connectivity index (χ1) is 10.8. The molecule has 0 aromatic heterocycles. The third kappa shape index (κ3) is 3.69. The highest BCUT2D eigenvalue weighted by molar-refractivity contribution is 5.70. The number of fused-ring (bicyclic) bond motifs is 1. The van der Waals surface area contributed by atoms with Gasteiger partial charge in [0.05, 0.1) is 26.9 Å². The minimum absolute atomic E-state index is 0.179. The Bertz CT molecular complexity index is 579. The normalized spacial score (nSPS) is 17.5. The molecule has 1 aromatic rings. The lowest BCUT2D eigenvalue weighted by molar-refractivity contribution is 0.00690. The number of hydrogen-bond donors (Lipinski definition) is 1. The van der Waals surface area contributed by atoms with Crippen LogP contribution >= 0.6 is 0 Å². The molecule has 128 valence electrons. The molecule has 1 amide bonds. The van der Waals surface area contributed by atoms with Crippen LogP contribution in [0.15, 0.2) is 12.1 Å². The van der Waals surface area contributed by atoms with Crippen LogP contribution in [0.25, 0.3) is 0 Å². The lowest BCUT2D eigenvalue weighted by Crippen LogP contribution is -2.44. The van der Waals surface area contributed by atoms with Gasteiger partial charge in [0, 0.05) is 6.54 Å². The lowest BCUT2D eigenvalue weighted by atomic mass is 9.92. The van der Waals surface area contributed by atoms with Crippen molar-refractivity contribution in [2.75, 3.05) is 27.4 Å². The summed E-state index contributed by atoms with van der Waals surface area (Å²) < 4.78 is 16.1. The molecule has 0 aliphatic carbocycles. The molecule has 6 nitrogen and oxygen atoms in total. The molecule has 0 saturated carbocycles. The van der Waals surface area contributed by atoms with Gasteiger partial charge in [-0.25, -0.2) is 4.79 Å². The standard InChI is InChI=1S/C17H25NO5/c1-17(2,3)23-16(20)18-7-6-11-8-14(21-4)15(22-5)9-12(11)13(18)10-19/h8-9,13,19H,6-7,10H2,1-5H3/t13-/m1/s1. The van der Waals surface area contributed by atoms with Crippen molar-refractivity contribution in [2.45, 2.75) is 38.8 Å². The number of aliphatic hydroxyl groups is 1. The van der Waals surface area contributed by atoms with E-state index in [1.54, 1.807) is 19.1 Å². The van der Waals surface area contributed by atoms with Crippen LogP contribution in [0.5, 0.6) is 11.5 Å². The molecule has 23 heavy (non-hydrogen) atoms. The van der Waals surface area contributed by atoms with Gasteiger partial charge in [0.15, 0.2) is 11.5 Å². The molecule has 1 aliphatic rings. The smallest absolute Gasteiger partial charge is 0.410 e. The Kier molecular flexibility index (Phi) is 5.04. The van der Waals surface area contributed by atoms with E-state index in [1.807, 2.05) is 32.9 Å². The zero-order chi connectivity index (χ0) is 17.2. The Labute approximate surface area is 136 Å². The second-order valence-corrected chi connectivity index (χ2v) is 6.53. The van der Waals surface area contributed by atoms with Gasteiger partial charge in [0.2, 0.25) is 0 Å². The Hall–Kier alpha value is -1.95. The van der Waals surface area contributed by atoms with Gasteiger partial charge < -0.3 is 19.3 Å². The molecular weight excluding hydrogens is 298 g/mol. The molecule has 0 fully saturated rings. The number of aliphatic hydroxyl groups excluding tert-OH is 1. The number of benzene rings is 1. The highest BCUT2D eigenvalue weighted by atomic mass is 16.6. The molecule has 0 unspecified atom stereocenters. The molecule has 0 saturated heterocycles. The Morgan fingerprint density at radius 2 is 1.87 bits per heavy atom. The average Bonchev–Trinajstić information content (AvgIpc) is 2.50. The largest absolute Gasteiger partial charge is 0.493 e. The maximum absolute atomic E-state index is 12.4. The third-order valence-electron chi connectivity index (χ3n) is 3.80. The number of methoxy groups -OCH3 is 2. The maximum atomic E-state index is 12.4. The van der Waals surface area contributed by atoms with Crippen LogP contribution in [0.1, 0.15) is 37.9 Å². The van der Waals surface area contributed by atoms with Gasteiger partial charge in [-0.1, -0.05) is 0 Å². The van der Waals surface area contributed by atoms with Crippen LogP contribution < -0.4 is 9.47 Å². The summed E-state index contributed by atoms with van der Waals surface area (Å²) >= 11 is 0. The van der Waals surface area contributed by atoms with Crippen molar-refractivity contribution < 1.29 is 24.1 Å². The first-order valence-corrected chi connectivity index (χ1v) is 7.66. The Balaban J connectivity index is 2.35.